The van der Waals surface area contributed by atoms with Gasteiger partial charge in [-0.25, -0.2) is 13.1 Å². The Balaban J connectivity index is 1.80. The van der Waals surface area contributed by atoms with Gasteiger partial charge in [0.05, 0.1) is 5.75 Å². The van der Waals surface area contributed by atoms with E-state index < -0.39 is 16.1 Å². The van der Waals surface area contributed by atoms with Gasteiger partial charge in [0, 0.05) is 12.1 Å². The highest BCUT2D eigenvalue weighted by atomic mass is 32.2. The lowest BCUT2D eigenvalue weighted by Gasteiger charge is -2.20. The summed E-state index contributed by atoms with van der Waals surface area (Å²) < 4.78 is 34.1. The molecule has 0 aliphatic carbocycles. The summed E-state index contributed by atoms with van der Waals surface area (Å²) in [5.74, 6) is 0.769. The zero-order valence-corrected chi connectivity index (χ0v) is 19.8. The van der Waals surface area contributed by atoms with Gasteiger partial charge < -0.3 is 9.42 Å². The van der Waals surface area contributed by atoms with Crippen molar-refractivity contribution in [2.24, 2.45) is 0 Å². The van der Waals surface area contributed by atoms with Crippen molar-refractivity contribution in [2.45, 2.75) is 39.7 Å². The number of rotatable bonds is 12. The molecular formula is C24H32N4O3S. The SMILES string of the molecule is CCN(CC)CCS(=O)(=O)N[C@H](CCc1ccccc1)c1nc(-c2ccccc2C)no1. The molecule has 1 N–H and O–H groups in total. The molecule has 7 nitrogen and oxygen atoms in total. The Hall–Kier alpha value is -2.55. The second kappa shape index (κ2) is 11.4. The lowest BCUT2D eigenvalue weighted by Crippen LogP contribution is -2.36. The van der Waals surface area contributed by atoms with Gasteiger partial charge in [0.15, 0.2) is 0 Å². The molecule has 1 aromatic heterocycles. The van der Waals surface area contributed by atoms with Crippen LogP contribution in [0, 0.1) is 6.92 Å². The van der Waals surface area contributed by atoms with Crippen molar-refractivity contribution in [1.82, 2.24) is 19.8 Å². The molecule has 0 spiro atoms. The van der Waals surface area contributed by atoms with Gasteiger partial charge >= 0.3 is 0 Å². The summed E-state index contributed by atoms with van der Waals surface area (Å²) in [6.45, 7) is 8.13. The number of sulfonamides is 1. The standard InChI is InChI=1S/C24H32N4O3S/c1-4-28(5-2)17-18-32(29,30)27-22(16-15-20-12-7-6-8-13-20)24-25-23(26-31-24)21-14-10-9-11-19(21)3/h6-14,22,27H,4-5,15-18H2,1-3H3/t22-/m1/s1. The van der Waals surface area contributed by atoms with E-state index in [2.05, 4.69) is 19.8 Å². The van der Waals surface area contributed by atoms with Crippen molar-refractivity contribution in [1.29, 1.82) is 0 Å². The summed E-state index contributed by atoms with van der Waals surface area (Å²) >= 11 is 0. The monoisotopic (exact) mass is 456 g/mol. The van der Waals surface area contributed by atoms with Crippen LogP contribution < -0.4 is 4.72 Å². The molecule has 0 bridgehead atoms. The zero-order chi connectivity index (χ0) is 23.0. The van der Waals surface area contributed by atoms with Crippen LogP contribution in [0.5, 0.6) is 0 Å². The van der Waals surface area contributed by atoms with E-state index >= 15 is 0 Å². The van der Waals surface area contributed by atoms with Gasteiger partial charge in [0.2, 0.25) is 21.7 Å². The van der Waals surface area contributed by atoms with Gasteiger partial charge in [-0.2, -0.15) is 4.98 Å². The molecular weight excluding hydrogens is 424 g/mol. The second-order valence-electron chi connectivity index (χ2n) is 7.81. The van der Waals surface area contributed by atoms with Crippen LogP contribution in [0.4, 0.5) is 0 Å². The third-order valence-corrected chi connectivity index (χ3v) is 6.95. The number of benzene rings is 2. The Morgan fingerprint density at radius 3 is 2.41 bits per heavy atom. The fourth-order valence-corrected chi connectivity index (χ4v) is 4.83. The normalized spacial score (nSPS) is 12.9. The predicted octanol–water partition coefficient (Wildman–Crippen LogP) is 3.98. The van der Waals surface area contributed by atoms with E-state index in [0.717, 1.165) is 29.8 Å². The van der Waals surface area contributed by atoms with Crippen molar-refractivity contribution < 1.29 is 12.9 Å². The summed E-state index contributed by atoms with van der Waals surface area (Å²) in [7, 11) is -3.53. The van der Waals surface area contributed by atoms with Crippen molar-refractivity contribution in [3.63, 3.8) is 0 Å². The maximum atomic E-state index is 12.9. The van der Waals surface area contributed by atoms with E-state index in [4.69, 9.17) is 4.52 Å². The molecule has 0 saturated carbocycles. The number of hydrogen-bond acceptors (Lipinski definition) is 6. The van der Waals surface area contributed by atoms with Crippen LogP contribution in [0.1, 0.15) is 43.3 Å². The number of aryl methyl sites for hydroxylation is 2. The fourth-order valence-electron chi connectivity index (χ4n) is 3.56. The van der Waals surface area contributed by atoms with Crippen LogP contribution >= 0.6 is 0 Å². The Labute approximate surface area is 190 Å². The third kappa shape index (κ3) is 6.72. The highest BCUT2D eigenvalue weighted by Crippen LogP contribution is 2.24. The molecule has 0 radical (unpaired) electrons. The van der Waals surface area contributed by atoms with Gasteiger partial charge in [-0.05, 0) is 44.0 Å². The van der Waals surface area contributed by atoms with Crippen LogP contribution in [0.25, 0.3) is 11.4 Å². The van der Waals surface area contributed by atoms with Crippen molar-refractivity contribution in [2.75, 3.05) is 25.4 Å². The van der Waals surface area contributed by atoms with Gasteiger partial charge in [0.1, 0.15) is 6.04 Å². The minimum Gasteiger partial charge on any atom is -0.337 e. The van der Waals surface area contributed by atoms with Crippen LogP contribution in [0.15, 0.2) is 59.1 Å². The highest BCUT2D eigenvalue weighted by Gasteiger charge is 2.25. The summed E-state index contributed by atoms with van der Waals surface area (Å²) in [6, 6.07) is 17.1. The van der Waals surface area contributed by atoms with Crippen LogP contribution in [0.3, 0.4) is 0 Å². The smallest absolute Gasteiger partial charge is 0.245 e. The average Bonchev–Trinajstić information content (AvgIpc) is 3.28. The first-order valence-electron chi connectivity index (χ1n) is 11.1. The molecule has 0 aliphatic heterocycles. The van der Waals surface area contributed by atoms with Crippen LogP contribution in [-0.2, 0) is 16.4 Å². The molecule has 0 unspecified atom stereocenters. The molecule has 0 amide bonds. The van der Waals surface area contributed by atoms with E-state index in [-0.39, 0.29) is 11.6 Å². The lowest BCUT2D eigenvalue weighted by molar-refractivity contribution is 0.319. The van der Waals surface area contributed by atoms with Gasteiger partial charge in [-0.3, -0.25) is 0 Å². The molecule has 1 atom stereocenters. The second-order valence-corrected chi connectivity index (χ2v) is 9.69. The number of hydrogen-bond donors (Lipinski definition) is 1. The van der Waals surface area contributed by atoms with E-state index in [0.29, 0.717) is 25.2 Å². The van der Waals surface area contributed by atoms with Crippen molar-refractivity contribution >= 4 is 10.0 Å². The minimum atomic E-state index is -3.53. The molecule has 2 aromatic carbocycles. The van der Waals surface area contributed by atoms with Crippen molar-refractivity contribution in [3.8, 4) is 11.4 Å². The zero-order valence-electron chi connectivity index (χ0n) is 19.0. The molecule has 0 saturated heterocycles. The lowest BCUT2D eigenvalue weighted by atomic mass is 10.1. The largest absolute Gasteiger partial charge is 0.337 e. The molecule has 3 aromatic rings. The van der Waals surface area contributed by atoms with Crippen molar-refractivity contribution in [3.05, 3.63) is 71.6 Å². The van der Waals surface area contributed by atoms with Gasteiger partial charge in [0.25, 0.3) is 0 Å². The topological polar surface area (TPSA) is 88.3 Å². The van der Waals surface area contributed by atoms with E-state index in [9.17, 15) is 8.42 Å². The number of nitrogens with one attached hydrogen (secondary N) is 1. The molecule has 172 valence electrons. The molecule has 0 fully saturated rings. The summed E-state index contributed by atoms with van der Waals surface area (Å²) in [4.78, 5) is 6.64. The average molecular weight is 457 g/mol. The van der Waals surface area contributed by atoms with Gasteiger partial charge in [-0.15, -0.1) is 0 Å². The Morgan fingerprint density at radius 2 is 1.72 bits per heavy atom. The fraction of sp³-hybridized carbons (Fsp3) is 0.417. The maximum Gasteiger partial charge on any atom is 0.245 e. The Morgan fingerprint density at radius 1 is 1.03 bits per heavy atom. The summed E-state index contributed by atoms with van der Waals surface area (Å²) in [5, 5.41) is 4.12. The van der Waals surface area contributed by atoms with Crippen LogP contribution in [0.2, 0.25) is 0 Å². The number of nitrogens with zero attached hydrogens (tertiary/aromatic N) is 3. The van der Waals surface area contributed by atoms with E-state index in [1.54, 1.807) is 0 Å². The predicted molar refractivity (Wildman–Crippen MR) is 127 cm³/mol. The van der Waals surface area contributed by atoms with Gasteiger partial charge in [-0.1, -0.05) is 73.6 Å². The third-order valence-electron chi connectivity index (χ3n) is 5.58. The molecule has 0 aliphatic rings. The Bertz CT molecular complexity index is 1080. The maximum absolute atomic E-state index is 12.9. The minimum absolute atomic E-state index is 0.0231. The van der Waals surface area contributed by atoms with Crippen LogP contribution in [-0.4, -0.2) is 48.8 Å². The Kier molecular flexibility index (Phi) is 8.55. The van der Waals surface area contributed by atoms with E-state index in [1.165, 1.54) is 0 Å². The number of aromatic nitrogens is 2. The molecule has 1 heterocycles. The summed E-state index contributed by atoms with van der Waals surface area (Å²) in [5.41, 5.74) is 3.02. The first-order valence-corrected chi connectivity index (χ1v) is 12.7. The quantitative estimate of drug-likeness (QED) is 0.443. The highest BCUT2D eigenvalue weighted by molar-refractivity contribution is 7.89. The molecule has 3 rings (SSSR count). The first-order chi connectivity index (χ1) is 15.4. The van der Waals surface area contributed by atoms with E-state index in [1.807, 2.05) is 75.4 Å². The molecule has 8 heteroatoms. The molecule has 32 heavy (non-hydrogen) atoms. The summed E-state index contributed by atoms with van der Waals surface area (Å²) in [6.07, 6.45) is 1.20. The first kappa shape index (κ1) is 24.1.